The van der Waals surface area contributed by atoms with Gasteiger partial charge in [0.1, 0.15) is 5.75 Å². The maximum atomic E-state index is 12.1. The molecule has 0 aromatic heterocycles. The average Bonchev–Trinajstić information content (AvgIpc) is 2.79. The van der Waals surface area contributed by atoms with Gasteiger partial charge in [-0.1, -0.05) is 136 Å². The summed E-state index contributed by atoms with van der Waals surface area (Å²) < 4.78 is 5.42. The first-order valence-corrected chi connectivity index (χ1v) is 14.3. The van der Waals surface area contributed by atoms with Crippen LogP contribution >= 0.6 is 0 Å². The Morgan fingerprint density at radius 1 is 0.765 bits per heavy atom. The van der Waals surface area contributed by atoms with E-state index in [9.17, 15) is 9.90 Å². The maximum Gasteiger partial charge on any atom is 0.306 e. The van der Waals surface area contributed by atoms with Crippen LogP contribution in [-0.2, 0) is 21.4 Å². The molecule has 0 unspecified atom stereocenters. The largest absolute Gasteiger partial charge is 0.508 e. The minimum Gasteiger partial charge on any atom is -0.508 e. The number of hydrogen-bond donors (Lipinski definition) is 1. The summed E-state index contributed by atoms with van der Waals surface area (Å²) in [6, 6.07) is 5.64. The molecule has 0 amide bonds. The first-order chi connectivity index (χ1) is 16.3. The topological polar surface area (TPSA) is 46.5 Å². The highest BCUT2D eigenvalue weighted by Gasteiger charge is 2.18. The molecule has 1 aromatic carbocycles. The van der Waals surface area contributed by atoms with Gasteiger partial charge in [-0.3, -0.25) is 4.79 Å². The van der Waals surface area contributed by atoms with E-state index in [1.54, 1.807) is 6.07 Å². The van der Waals surface area contributed by atoms with Gasteiger partial charge in [0.25, 0.3) is 0 Å². The number of esters is 1. The standard InChI is InChI=1S/C31H54O3/c1-5-6-7-8-9-10-11-12-13-14-15-16-17-18-19-20-25-34-30(33)24-22-27-21-23-29(32)28(26-27)31(2,3)4/h21,23,26,32H,5-20,22,24-25H2,1-4H3. The molecule has 196 valence electrons. The lowest BCUT2D eigenvalue weighted by atomic mass is 9.85. The number of ether oxygens (including phenoxy) is 1. The summed E-state index contributed by atoms with van der Waals surface area (Å²) in [7, 11) is 0. The maximum absolute atomic E-state index is 12.1. The molecule has 0 atom stereocenters. The molecule has 1 rings (SSSR count). The fraction of sp³-hybridized carbons (Fsp3) is 0.774. The number of phenols is 1. The molecule has 0 heterocycles. The van der Waals surface area contributed by atoms with E-state index < -0.39 is 0 Å². The molecular formula is C31H54O3. The van der Waals surface area contributed by atoms with Crippen LogP contribution in [0, 0.1) is 0 Å². The van der Waals surface area contributed by atoms with Gasteiger partial charge in [-0.15, -0.1) is 0 Å². The SMILES string of the molecule is CCCCCCCCCCCCCCCCCCOC(=O)CCc1ccc(O)c(C(C)(C)C)c1. The van der Waals surface area contributed by atoms with Crippen LogP contribution in [0.1, 0.15) is 148 Å². The van der Waals surface area contributed by atoms with Crippen LogP contribution in [0.25, 0.3) is 0 Å². The van der Waals surface area contributed by atoms with Crippen molar-refractivity contribution in [2.75, 3.05) is 6.61 Å². The Hall–Kier alpha value is -1.51. The lowest BCUT2D eigenvalue weighted by Gasteiger charge is -2.21. The van der Waals surface area contributed by atoms with E-state index in [-0.39, 0.29) is 11.4 Å². The fourth-order valence-corrected chi connectivity index (χ4v) is 4.49. The van der Waals surface area contributed by atoms with Crippen molar-refractivity contribution in [3.63, 3.8) is 0 Å². The van der Waals surface area contributed by atoms with Crippen LogP contribution in [0.4, 0.5) is 0 Å². The number of phenolic OH excluding ortho intramolecular Hbond substituents is 1. The zero-order valence-electron chi connectivity index (χ0n) is 22.9. The van der Waals surface area contributed by atoms with Crippen LogP contribution < -0.4 is 0 Å². The third-order valence-electron chi connectivity index (χ3n) is 6.75. The summed E-state index contributed by atoms with van der Waals surface area (Å²) in [6.45, 7) is 9.07. The van der Waals surface area contributed by atoms with Crippen molar-refractivity contribution in [2.24, 2.45) is 0 Å². The van der Waals surface area contributed by atoms with E-state index in [0.717, 1.165) is 24.0 Å². The Morgan fingerprint density at radius 3 is 1.71 bits per heavy atom. The Morgan fingerprint density at radius 2 is 1.24 bits per heavy atom. The third-order valence-corrected chi connectivity index (χ3v) is 6.75. The number of benzene rings is 1. The molecule has 0 saturated carbocycles. The van der Waals surface area contributed by atoms with Crippen LogP contribution in [-0.4, -0.2) is 17.7 Å². The number of aryl methyl sites for hydroxylation is 1. The molecule has 0 aliphatic rings. The van der Waals surface area contributed by atoms with E-state index in [0.29, 0.717) is 25.2 Å². The minimum atomic E-state index is -0.119. The molecule has 1 N–H and O–H groups in total. The second-order valence-corrected chi connectivity index (χ2v) is 11.1. The van der Waals surface area contributed by atoms with Crippen molar-refractivity contribution in [3.05, 3.63) is 29.3 Å². The zero-order valence-corrected chi connectivity index (χ0v) is 22.9. The van der Waals surface area contributed by atoms with Gasteiger partial charge in [-0.05, 0) is 35.4 Å². The molecule has 0 radical (unpaired) electrons. The van der Waals surface area contributed by atoms with Gasteiger partial charge in [-0.25, -0.2) is 0 Å². The summed E-state index contributed by atoms with van der Waals surface area (Å²) in [5.74, 6) is 0.202. The molecule has 3 nitrogen and oxygen atoms in total. The van der Waals surface area contributed by atoms with Crippen LogP contribution in [0.2, 0.25) is 0 Å². The molecule has 0 aliphatic heterocycles. The normalized spacial score (nSPS) is 11.6. The number of hydrogen-bond acceptors (Lipinski definition) is 3. The van der Waals surface area contributed by atoms with Gasteiger partial charge in [0.2, 0.25) is 0 Å². The van der Waals surface area contributed by atoms with Crippen molar-refractivity contribution >= 4 is 5.97 Å². The monoisotopic (exact) mass is 474 g/mol. The zero-order chi connectivity index (χ0) is 25.1. The number of carbonyl (C=O) groups excluding carboxylic acids is 1. The van der Waals surface area contributed by atoms with Gasteiger partial charge in [0.05, 0.1) is 6.61 Å². The first-order valence-electron chi connectivity index (χ1n) is 14.3. The van der Waals surface area contributed by atoms with E-state index in [1.165, 1.54) is 89.9 Å². The van der Waals surface area contributed by atoms with Crippen molar-refractivity contribution < 1.29 is 14.6 Å². The van der Waals surface area contributed by atoms with Gasteiger partial charge >= 0.3 is 5.97 Å². The van der Waals surface area contributed by atoms with Gasteiger partial charge in [0, 0.05) is 6.42 Å². The minimum absolute atomic E-state index is 0.117. The van der Waals surface area contributed by atoms with Gasteiger partial charge in [0.15, 0.2) is 0 Å². The first kappa shape index (κ1) is 30.5. The molecule has 34 heavy (non-hydrogen) atoms. The molecule has 0 aliphatic carbocycles. The average molecular weight is 475 g/mol. The predicted octanol–water partition coefficient (Wildman–Crippen LogP) is 9.43. The number of carbonyl (C=O) groups is 1. The molecule has 1 aromatic rings. The summed E-state index contributed by atoms with van der Waals surface area (Å²) in [5, 5.41) is 10.1. The third kappa shape index (κ3) is 15.4. The summed E-state index contributed by atoms with van der Waals surface area (Å²) in [6.07, 6.45) is 22.6. The smallest absolute Gasteiger partial charge is 0.306 e. The number of unbranched alkanes of at least 4 members (excludes halogenated alkanes) is 15. The Kier molecular flexibility index (Phi) is 16.9. The van der Waals surface area contributed by atoms with E-state index in [2.05, 4.69) is 27.7 Å². The molecular weight excluding hydrogens is 420 g/mol. The van der Waals surface area contributed by atoms with E-state index in [1.807, 2.05) is 12.1 Å². The lowest BCUT2D eigenvalue weighted by molar-refractivity contribution is -0.143. The van der Waals surface area contributed by atoms with Crippen molar-refractivity contribution in [3.8, 4) is 5.75 Å². The highest BCUT2D eigenvalue weighted by Crippen LogP contribution is 2.31. The van der Waals surface area contributed by atoms with Gasteiger partial charge in [-0.2, -0.15) is 0 Å². The predicted molar refractivity (Wildman–Crippen MR) is 146 cm³/mol. The molecule has 0 spiro atoms. The highest BCUT2D eigenvalue weighted by molar-refractivity contribution is 5.69. The summed E-state index contributed by atoms with van der Waals surface area (Å²) >= 11 is 0. The van der Waals surface area contributed by atoms with Crippen LogP contribution in [0.5, 0.6) is 5.75 Å². The van der Waals surface area contributed by atoms with Crippen molar-refractivity contribution in [1.82, 2.24) is 0 Å². The quantitative estimate of drug-likeness (QED) is 0.151. The lowest BCUT2D eigenvalue weighted by Crippen LogP contribution is -2.12. The summed E-state index contributed by atoms with van der Waals surface area (Å²) in [4.78, 5) is 12.1. The Balaban J connectivity index is 1.92. The Bertz CT molecular complexity index is 645. The highest BCUT2D eigenvalue weighted by atomic mass is 16.5. The molecule has 0 bridgehead atoms. The molecule has 0 fully saturated rings. The van der Waals surface area contributed by atoms with E-state index >= 15 is 0 Å². The van der Waals surface area contributed by atoms with Crippen LogP contribution in [0.3, 0.4) is 0 Å². The number of rotatable bonds is 20. The Labute approximate surface area is 211 Å². The van der Waals surface area contributed by atoms with E-state index in [4.69, 9.17) is 4.74 Å². The van der Waals surface area contributed by atoms with Crippen molar-refractivity contribution in [2.45, 2.75) is 149 Å². The van der Waals surface area contributed by atoms with Gasteiger partial charge < -0.3 is 9.84 Å². The molecule has 3 heteroatoms. The summed E-state index contributed by atoms with van der Waals surface area (Å²) in [5.41, 5.74) is 1.88. The second kappa shape index (κ2) is 18.8. The number of aromatic hydroxyl groups is 1. The molecule has 0 saturated heterocycles. The fourth-order valence-electron chi connectivity index (χ4n) is 4.49. The van der Waals surface area contributed by atoms with Crippen LogP contribution in [0.15, 0.2) is 18.2 Å². The van der Waals surface area contributed by atoms with Crippen molar-refractivity contribution in [1.29, 1.82) is 0 Å². The second-order valence-electron chi connectivity index (χ2n) is 11.1.